The third-order valence-corrected chi connectivity index (χ3v) is 5.07. The fourth-order valence-corrected chi connectivity index (χ4v) is 3.64. The van der Waals surface area contributed by atoms with E-state index >= 15 is 0 Å². The van der Waals surface area contributed by atoms with Gasteiger partial charge in [-0.25, -0.2) is 0 Å². The molecule has 154 valence electrons. The van der Waals surface area contributed by atoms with E-state index in [-0.39, 0.29) is 24.0 Å². The summed E-state index contributed by atoms with van der Waals surface area (Å²) in [6.45, 7) is 7.07. The van der Waals surface area contributed by atoms with Crippen LogP contribution in [0, 0.1) is 6.92 Å². The van der Waals surface area contributed by atoms with Crippen molar-refractivity contribution in [1.29, 1.82) is 0 Å². The zero-order valence-corrected chi connectivity index (χ0v) is 19.3. The predicted octanol–water partition coefficient (Wildman–Crippen LogP) is 3.20. The molecule has 1 aliphatic heterocycles. The zero-order valence-electron chi connectivity index (χ0n) is 17.0. The Morgan fingerprint density at radius 2 is 1.93 bits per heavy atom. The molecule has 3 rings (SSSR count). The number of aryl methyl sites for hydroxylation is 2. The molecule has 1 fully saturated rings. The normalized spacial score (nSPS) is 15.9. The predicted molar refractivity (Wildman–Crippen MR) is 126 cm³/mol. The van der Waals surface area contributed by atoms with Gasteiger partial charge in [0.15, 0.2) is 5.96 Å². The largest absolute Gasteiger partial charge is 0.356 e. The van der Waals surface area contributed by atoms with E-state index in [2.05, 4.69) is 69.1 Å². The van der Waals surface area contributed by atoms with Crippen LogP contribution in [0.1, 0.15) is 36.4 Å². The second-order valence-corrected chi connectivity index (χ2v) is 7.18. The summed E-state index contributed by atoms with van der Waals surface area (Å²) in [7, 11) is 1.83. The van der Waals surface area contributed by atoms with Crippen LogP contribution in [0.2, 0.25) is 0 Å². The van der Waals surface area contributed by atoms with Crippen LogP contribution >= 0.6 is 24.0 Å². The molecule has 7 heteroatoms. The molecular formula is C21H33IN6. The lowest BCUT2D eigenvalue weighted by Gasteiger charge is -2.29. The quantitative estimate of drug-likeness (QED) is 0.255. The highest BCUT2D eigenvalue weighted by Crippen LogP contribution is 2.24. The van der Waals surface area contributed by atoms with Gasteiger partial charge in [0.05, 0.1) is 12.2 Å². The fourth-order valence-electron chi connectivity index (χ4n) is 3.64. The number of aliphatic imine (C=N–C) groups is 1. The lowest BCUT2D eigenvalue weighted by Crippen LogP contribution is -2.43. The Morgan fingerprint density at radius 3 is 2.57 bits per heavy atom. The lowest BCUT2D eigenvalue weighted by molar-refractivity contribution is 0.245. The number of benzene rings is 1. The van der Waals surface area contributed by atoms with Gasteiger partial charge in [-0.05, 0) is 50.4 Å². The monoisotopic (exact) mass is 496 g/mol. The third-order valence-electron chi connectivity index (χ3n) is 5.07. The number of nitrogens with zero attached hydrogens (tertiary/aromatic N) is 4. The first kappa shape index (κ1) is 22.7. The van der Waals surface area contributed by atoms with Crippen molar-refractivity contribution in [1.82, 2.24) is 25.3 Å². The summed E-state index contributed by atoms with van der Waals surface area (Å²) < 4.78 is 1.99. The van der Waals surface area contributed by atoms with Crippen LogP contribution in [0.15, 0.2) is 47.7 Å². The van der Waals surface area contributed by atoms with E-state index in [9.17, 15) is 0 Å². The van der Waals surface area contributed by atoms with Crippen molar-refractivity contribution in [3.05, 3.63) is 53.9 Å². The second-order valence-electron chi connectivity index (χ2n) is 7.18. The van der Waals surface area contributed by atoms with E-state index in [0.29, 0.717) is 6.04 Å². The molecule has 0 radical (unpaired) electrons. The Kier molecular flexibility index (Phi) is 9.77. The maximum Gasteiger partial charge on any atom is 0.191 e. The molecule has 1 saturated heterocycles. The van der Waals surface area contributed by atoms with Gasteiger partial charge in [-0.15, -0.1) is 24.0 Å². The van der Waals surface area contributed by atoms with Gasteiger partial charge in [-0.3, -0.25) is 14.6 Å². The molecule has 6 nitrogen and oxygen atoms in total. The summed E-state index contributed by atoms with van der Waals surface area (Å²) in [5.41, 5.74) is 2.57. The molecule has 2 aromatic rings. The first-order valence-corrected chi connectivity index (χ1v) is 9.99. The Morgan fingerprint density at radius 1 is 1.18 bits per heavy atom. The van der Waals surface area contributed by atoms with Crippen LogP contribution in [0.3, 0.4) is 0 Å². The summed E-state index contributed by atoms with van der Waals surface area (Å²) >= 11 is 0. The van der Waals surface area contributed by atoms with Crippen molar-refractivity contribution < 1.29 is 0 Å². The van der Waals surface area contributed by atoms with Crippen LogP contribution < -0.4 is 10.6 Å². The molecule has 2 N–H and O–H groups in total. The van der Waals surface area contributed by atoms with Gasteiger partial charge in [0.25, 0.3) is 0 Å². The van der Waals surface area contributed by atoms with Gasteiger partial charge >= 0.3 is 0 Å². The van der Waals surface area contributed by atoms with E-state index in [1.165, 1.54) is 37.1 Å². The van der Waals surface area contributed by atoms with Crippen molar-refractivity contribution in [3.63, 3.8) is 0 Å². The number of nitrogens with one attached hydrogen (secondary N) is 2. The Labute approximate surface area is 185 Å². The van der Waals surface area contributed by atoms with E-state index in [1.807, 2.05) is 17.9 Å². The lowest BCUT2D eigenvalue weighted by atomic mass is 10.1. The molecule has 28 heavy (non-hydrogen) atoms. The molecule has 0 spiro atoms. The van der Waals surface area contributed by atoms with Gasteiger partial charge in [0, 0.05) is 32.9 Å². The van der Waals surface area contributed by atoms with Gasteiger partial charge in [0.1, 0.15) is 0 Å². The molecule has 1 aromatic heterocycles. The number of halogens is 1. The van der Waals surface area contributed by atoms with Crippen molar-refractivity contribution >= 4 is 29.9 Å². The van der Waals surface area contributed by atoms with E-state index in [4.69, 9.17) is 0 Å². The topological polar surface area (TPSA) is 57.5 Å². The number of hydrogen-bond donors (Lipinski definition) is 2. The van der Waals surface area contributed by atoms with Gasteiger partial charge in [-0.1, -0.05) is 30.3 Å². The molecular weight excluding hydrogens is 463 g/mol. The zero-order chi connectivity index (χ0) is 18.9. The first-order valence-electron chi connectivity index (χ1n) is 9.99. The molecule has 0 bridgehead atoms. The SMILES string of the molecule is CN=C(NCCCn1cc(C)cn1)NCC(c1ccccc1)N1CCCC1.I. The van der Waals surface area contributed by atoms with E-state index < -0.39 is 0 Å². The summed E-state index contributed by atoms with van der Waals surface area (Å²) in [4.78, 5) is 6.96. The van der Waals surface area contributed by atoms with Crippen molar-refractivity contribution in [3.8, 4) is 0 Å². The highest BCUT2D eigenvalue weighted by atomic mass is 127. The average Bonchev–Trinajstić information content (AvgIpc) is 3.36. The number of hydrogen-bond acceptors (Lipinski definition) is 3. The van der Waals surface area contributed by atoms with Crippen LogP contribution in [-0.2, 0) is 6.54 Å². The molecule has 2 heterocycles. The Balaban J connectivity index is 0.00000280. The first-order chi connectivity index (χ1) is 13.3. The highest BCUT2D eigenvalue weighted by molar-refractivity contribution is 14.0. The minimum Gasteiger partial charge on any atom is -0.356 e. The Hall–Kier alpha value is -1.61. The number of aromatic nitrogens is 2. The van der Waals surface area contributed by atoms with E-state index in [0.717, 1.165) is 32.0 Å². The molecule has 1 aliphatic rings. The van der Waals surface area contributed by atoms with Gasteiger partial charge in [0.2, 0.25) is 0 Å². The van der Waals surface area contributed by atoms with Crippen LogP contribution in [0.25, 0.3) is 0 Å². The number of guanidine groups is 1. The van der Waals surface area contributed by atoms with Crippen LogP contribution in [0.5, 0.6) is 0 Å². The Bertz CT molecular complexity index is 709. The highest BCUT2D eigenvalue weighted by Gasteiger charge is 2.23. The molecule has 0 aliphatic carbocycles. The average molecular weight is 496 g/mol. The van der Waals surface area contributed by atoms with Crippen LogP contribution in [-0.4, -0.2) is 53.9 Å². The van der Waals surface area contributed by atoms with Crippen molar-refractivity contribution in [2.24, 2.45) is 4.99 Å². The van der Waals surface area contributed by atoms with Crippen molar-refractivity contribution in [2.45, 2.75) is 38.8 Å². The van der Waals surface area contributed by atoms with Gasteiger partial charge < -0.3 is 10.6 Å². The fraction of sp³-hybridized carbons (Fsp3) is 0.524. The number of likely N-dealkylation sites (tertiary alicyclic amines) is 1. The molecule has 1 unspecified atom stereocenters. The summed E-state index contributed by atoms with van der Waals surface area (Å²) in [5, 5.41) is 11.3. The number of rotatable bonds is 8. The summed E-state index contributed by atoms with van der Waals surface area (Å²) in [6.07, 6.45) is 7.58. The van der Waals surface area contributed by atoms with Gasteiger partial charge in [-0.2, -0.15) is 5.10 Å². The third kappa shape index (κ3) is 6.77. The molecule has 1 aromatic carbocycles. The summed E-state index contributed by atoms with van der Waals surface area (Å²) in [5.74, 6) is 0.867. The minimum atomic E-state index is 0. The standard InChI is InChI=1S/C21H32N6.HI/c1-18-15-25-27(17-18)14-8-11-23-21(22-2)24-16-20(26-12-6-7-13-26)19-9-4-3-5-10-19;/h3-5,9-10,15,17,20H,6-8,11-14,16H2,1-2H3,(H2,22,23,24);1H. The van der Waals surface area contributed by atoms with E-state index in [1.54, 1.807) is 0 Å². The maximum absolute atomic E-state index is 4.38. The summed E-state index contributed by atoms with van der Waals surface area (Å²) in [6, 6.07) is 11.2. The smallest absolute Gasteiger partial charge is 0.191 e. The minimum absolute atomic E-state index is 0. The molecule has 1 atom stereocenters. The molecule has 0 amide bonds. The molecule has 0 saturated carbocycles. The van der Waals surface area contributed by atoms with Crippen molar-refractivity contribution in [2.75, 3.05) is 33.2 Å². The van der Waals surface area contributed by atoms with Crippen LogP contribution in [0.4, 0.5) is 0 Å². The second kappa shape index (κ2) is 12.1. The maximum atomic E-state index is 4.38.